The van der Waals surface area contributed by atoms with E-state index >= 15 is 0 Å². The molecule has 0 saturated carbocycles. The number of hydrogen-bond donors (Lipinski definition) is 0. The summed E-state index contributed by atoms with van der Waals surface area (Å²) in [6.45, 7) is 8.97. The minimum absolute atomic E-state index is 0.577. The molecule has 0 bridgehead atoms. The van der Waals surface area contributed by atoms with Gasteiger partial charge < -0.3 is 4.74 Å². The molecule has 0 aromatic heterocycles. The van der Waals surface area contributed by atoms with E-state index in [1.807, 2.05) is 0 Å². The summed E-state index contributed by atoms with van der Waals surface area (Å²) in [5.41, 5.74) is 0. The molecule has 0 amide bonds. The van der Waals surface area contributed by atoms with Crippen LogP contribution in [-0.2, 0) is 4.74 Å². The van der Waals surface area contributed by atoms with Gasteiger partial charge in [0.2, 0.25) is 0 Å². The first-order chi connectivity index (χ1) is 6.97. The van der Waals surface area contributed by atoms with Gasteiger partial charge in [-0.1, -0.05) is 53.8 Å². The zero-order valence-electron chi connectivity index (χ0n) is 9.92. The van der Waals surface area contributed by atoms with Crippen molar-refractivity contribution >= 4 is 24.0 Å². The summed E-state index contributed by atoms with van der Waals surface area (Å²) in [7, 11) is -0.917. The number of hydrogen-bond acceptors (Lipinski definition) is 1. The first kappa shape index (κ1) is 13.2. The lowest BCUT2D eigenvalue weighted by Crippen LogP contribution is -2.22. The maximum atomic E-state index is 5.72. The second-order valence-corrected chi connectivity index (χ2v) is 11.9. The molecule has 0 aromatic rings. The minimum atomic E-state index is -0.917. The third-order valence-electron chi connectivity index (χ3n) is 2.47. The first-order valence-electron chi connectivity index (χ1n) is 5.59. The van der Waals surface area contributed by atoms with Crippen LogP contribution >= 0.6 is 15.9 Å². The van der Waals surface area contributed by atoms with E-state index in [0.717, 1.165) is 19.6 Å². The molecule has 1 aliphatic carbocycles. The van der Waals surface area contributed by atoms with Gasteiger partial charge in [-0.3, -0.25) is 0 Å². The highest BCUT2D eigenvalue weighted by Crippen LogP contribution is 2.20. The molecule has 0 radical (unpaired) electrons. The van der Waals surface area contributed by atoms with Crippen molar-refractivity contribution in [3.63, 3.8) is 0 Å². The molecular weight excluding hydrogens is 268 g/mol. The van der Waals surface area contributed by atoms with Gasteiger partial charge in [-0.25, -0.2) is 0 Å². The van der Waals surface area contributed by atoms with Crippen LogP contribution in [0.3, 0.4) is 0 Å². The van der Waals surface area contributed by atoms with Crippen LogP contribution in [0.2, 0.25) is 25.7 Å². The zero-order chi connectivity index (χ0) is 11.3. The molecular formula is C12H21BrOSi. The van der Waals surface area contributed by atoms with Crippen LogP contribution in [0.1, 0.15) is 6.42 Å². The average Bonchev–Trinajstić information content (AvgIpc) is 2.14. The van der Waals surface area contributed by atoms with Gasteiger partial charge in [0.05, 0.1) is 6.61 Å². The van der Waals surface area contributed by atoms with Crippen LogP contribution in [-0.4, -0.2) is 21.3 Å². The first-order valence-corrected chi connectivity index (χ1v) is 10.1. The molecule has 0 aromatic carbocycles. The van der Waals surface area contributed by atoms with Gasteiger partial charge in [0, 0.05) is 25.1 Å². The lowest BCUT2D eigenvalue weighted by molar-refractivity contribution is 0.124. The van der Waals surface area contributed by atoms with Crippen LogP contribution in [0.15, 0.2) is 22.7 Å². The highest BCUT2D eigenvalue weighted by Gasteiger charge is 2.13. The van der Waals surface area contributed by atoms with Gasteiger partial charge in [-0.15, -0.1) is 0 Å². The Morgan fingerprint density at radius 3 is 2.73 bits per heavy atom. The van der Waals surface area contributed by atoms with E-state index in [9.17, 15) is 0 Å². The second-order valence-electron chi connectivity index (χ2n) is 5.33. The van der Waals surface area contributed by atoms with Gasteiger partial charge >= 0.3 is 0 Å². The highest BCUT2D eigenvalue weighted by molar-refractivity contribution is 9.11. The van der Waals surface area contributed by atoms with Crippen molar-refractivity contribution in [2.24, 2.45) is 5.92 Å². The van der Waals surface area contributed by atoms with Gasteiger partial charge in [-0.2, -0.15) is 0 Å². The standard InChI is InChI=1S/C12H21BrOSi/c1-15(2,3)9-8-14-10-11-4-6-12(13)7-5-11/h4,6-7,11H,5,8-10H2,1-3H3. The van der Waals surface area contributed by atoms with E-state index in [1.54, 1.807) is 0 Å². The summed E-state index contributed by atoms with van der Waals surface area (Å²) in [6, 6.07) is 1.27. The molecule has 0 spiro atoms. The quantitative estimate of drug-likeness (QED) is 0.544. The number of allylic oxidation sites excluding steroid dienone is 3. The van der Waals surface area contributed by atoms with Crippen molar-refractivity contribution in [2.75, 3.05) is 13.2 Å². The van der Waals surface area contributed by atoms with Crippen LogP contribution < -0.4 is 0 Å². The van der Waals surface area contributed by atoms with Gasteiger partial charge in [0.1, 0.15) is 0 Å². The SMILES string of the molecule is C[Si](C)(C)CCOCC1C=CC(Br)=CC1. The van der Waals surface area contributed by atoms with E-state index in [2.05, 4.69) is 53.8 Å². The Morgan fingerprint density at radius 2 is 2.20 bits per heavy atom. The predicted molar refractivity (Wildman–Crippen MR) is 73.2 cm³/mol. The molecule has 3 heteroatoms. The Kier molecular flexibility index (Phi) is 5.30. The zero-order valence-corrected chi connectivity index (χ0v) is 12.5. The van der Waals surface area contributed by atoms with Crippen molar-refractivity contribution in [3.05, 3.63) is 22.7 Å². The maximum absolute atomic E-state index is 5.72. The molecule has 1 rings (SSSR count). The summed E-state index contributed by atoms with van der Waals surface area (Å²) < 4.78 is 6.92. The fourth-order valence-electron chi connectivity index (χ4n) is 1.38. The monoisotopic (exact) mass is 288 g/mol. The Balaban J connectivity index is 2.10. The van der Waals surface area contributed by atoms with Crippen LogP contribution in [0.25, 0.3) is 0 Å². The topological polar surface area (TPSA) is 9.23 Å². The summed E-state index contributed by atoms with van der Waals surface area (Å²) in [5.74, 6) is 0.577. The summed E-state index contributed by atoms with van der Waals surface area (Å²) in [6.07, 6.45) is 7.67. The number of ether oxygens (including phenoxy) is 1. The van der Waals surface area contributed by atoms with Crippen LogP contribution in [0.4, 0.5) is 0 Å². The molecule has 0 heterocycles. The Morgan fingerprint density at radius 1 is 1.47 bits per heavy atom. The molecule has 1 aliphatic rings. The second kappa shape index (κ2) is 6.02. The number of halogens is 1. The predicted octanol–water partition coefficient (Wildman–Crippen LogP) is 4.20. The Bertz CT molecular complexity index is 253. The van der Waals surface area contributed by atoms with E-state index in [0.29, 0.717) is 5.92 Å². The van der Waals surface area contributed by atoms with Crippen LogP contribution in [0, 0.1) is 5.92 Å². The molecule has 1 nitrogen and oxygen atoms in total. The van der Waals surface area contributed by atoms with E-state index in [1.165, 1.54) is 10.5 Å². The largest absolute Gasteiger partial charge is 0.381 e. The van der Waals surface area contributed by atoms with E-state index in [-0.39, 0.29) is 0 Å². The average molecular weight is 289 g/mol. The lowest BCUT2D eigenvalue weighted by atomic mass is 10.0. The Labute approximate surface area is 103 Å². The molecule has 0 fully saturated rings. The van der Waals surface area contributed by atoms with Crippen molar-refractivity contribution in [1.82, 2.24) is 0 Å². The summed E-state index contributed by atoms with van der Waals surface area (Å²) in [5, 5.41) is 0. The minimum Gasteiger partial charge on any atom is -0.381 e. The third-order valence-corrected chi connectivity index (χ3v) is 4.76. The summed E-state index contributed by atoms with van der Waals surface area (Å²) in [4.78, 5) is 0. The van der Waals surface area contributed by atoms with Crippen molar-refractivity contribution in [2.45, 2.75) is 32.1 Å². The molecule has 0 aliphatic heterocycles. The number of rotatable bonds is 5. The smallest absolute Gasteiger partial charge is 0.0531 e. The van der Waals surface area contributed by atoms with Gasteiger partial charge in [0.15, 0.2) is 0 Å². The Hall–Kier alpha value is 0.137. The van der Waals surface area contributed by atoms with Gasteiger partial charge in [-0.05, 0) is 12.5 Å². The highest BCUT2D eigenvalue weighted by atomic mass is 79.9. The normalized spacial score (nSPS) is 21.6. The molecule has 15 heavy (non-hydrogen) atoms. The molecule has 86 valence electrons. The maximum Gasteiger partial charge on any atom is 0.0531 e. The van der Waals surface area contributed by atoms with E-state index < -0.39 is 8.07 Å². The fourth-order valence-corrected chi connectivity index (χ4v) is 2.47. The molecule has 1 atom stereocenters. The van der Waals surface area contributed by atoms with Crippen molar-refractivity contribution in [3.8, 4) is 0 Å². The van der Waals surface area contributed by atoms with E-state index in [4.69, 9.17) is 4.74 Å². The fraction of sp³-hybridized carbons (Fsp3) is 0.667. The van der Waals surface area contributed by atoms with Crippen LogP contribution in [0.5, 0.6) is 0 Å². The van der Waals surface area contributed by atoms with Gasteiger partial charge in [0.25, 0.3) is 0 Å². The third kappa shape index (κ3) is 6.33. The van der Waals surface area contributed by atoms with Crippen molar-refractivity contribution < 1.29 is 4.74 Å². The summed E-state index contributed by atoms with van der Waals surface area (Å²) >= 11 is 3.46. The van der Waals surface area contributed by atoms with Crippen molar-refractivity contribution in [1.29, 1.82) is 0 Å². The molecule has 0 N–H and O–H groups in total. The lowest BCUT2D eigenvalue weighted by Gasteiger charge is -2.18. The molecule has 0 saturated heterocycles. The molecule has 1 unspecified atom stereocenters.